The Balaban J connectivity index is 1.92. The quantitative estimate of drug-likeness (QED) is 0.842. The number of aryl methyl sites for hydroxylation is 1. The average molecular weight is 277 g/mol. The van der Waals surface area contributed by atoms with Gasteiger partial charge < -0.3 is 15.3 Å². The average Bonchev–Trinajstić information content (AvgIpc) is 2.48. The lowest BCUT2D eigenvalue weighted by atomic mass is 10.1. The highest BCUT2D eigenvalue weighted by molar-refractivity contribution is 5.56. The predicted octanol–water partition coefficient (Wildman–Crippen LogP) is 1.01. The highest BCUT2D eigenvalue weighted by Crippen LogP contribution is 2.23. The van der Waals surface area contributed by atoms with Gasteiger partial charge in [-0.25, -0.2) is 0 Å². The van der Waals surface area contributed by atoms with Crippen LogP contribution in [0.5, 0.6) is 0 Å². The van der Waals surface area contributed by atoms with Crippen molar-refractivity contribution in [3.63, 3.8) is 0 Å². The maximum absolute atomic E-state index is 9.25. The van der Waals surface area contributed by atoms with Crippen molar-refractivity contribution in [3.05, 3.63) is 29.3 Å². The summed E-state index contributed by atoms with van der Waals surface area (Å²) < 4.78 is 0. The molecule has 0 spiro atoms. The molecule has 1 aliphatic heterocycles. The Morgan fingerprint density at radius 3 is 2.50 bits per heavy atom. The lowest BCUT2D eigenvalue weighted by Gasteiger charge is -2.38. The van der Waals surface area contributed by atoms with Gasteiger partial charge in [-0.15, -0.1) is 0 Å². The third-order valence-electron chi connectivity index (χ3n) is 4.40. The molecule has 2 N–H and O–H groups in total. The normalized spacial score (nSPS) is 18.3. The smallest absolute Gasteiger partial charge is 0.0597 e. The predicted molar refractivity (Wildman–Crippen MR) is 84.5 cm³/mol. The van der Waals surface area contributed by atoms with E-state index in [2.05, 4.69) is 47.2 Å². The van der Waals surface area contributed by atoms with Gasteiger partial charge in [0, 0.05) is 44.5 Å². The van der Waals surface area contributed by atoms with Gasteiger partial charge in [0.1, 0.15) is 0 Å². The fourth-order valence-electron chi connectivity index (χ4n) is 2.80. The van der Waals surface area contributed by atoms with Gasteiger partial charge in [-0.3, -0.25) is 4.90 Å². The molecule has 0 saturated carbocycles. The summed E-state index contributed by atoms with van der Waals surface area (Å²) in [5.74, 6) is 0. The summed E-state index contributed by atoms with van der Waals surface area (Å²) in [6, 6.07) is 6.73. The third-order valence-corrected chi connectivity index (χ3v) is 4.40. The van der Waals surface area contributed by atoms with Crippen LogP contribution in [0.25, 0.3) is 0 Å². The van der Waals surface area contributed by atoms with Crippen LogP contribution in [-0.4, -0.2) is 62.4 Å². The van der Waals surface area contributed by atoms with Crippen molar-refractivity contribution in [2.24, 2.45) is 0 Å². The molecule has 0 aromatic heterocycles. The molecule has 0 amide bonds. The number of hydrogen-bond acceptors (Lipinski definition) is 4. The molecule has 4 heteroatoms. The van der Waals surface area contributed by atoms with Gasteiger partial charge in [0.2, 0.25) is 0 Å². The molecule has 1 aromatic rings. The monoisotopic (exact) mass is 277 g/mol. The molecule has 1 heterocycles. The summed E-state index contributed by atoms with van der Waals surface area (Å²) in [6.45, 7) is 9.75. The molecule has 1 atom stereocenters. The number of nitrogens with zero attached hydrogens (tertiary/aromatic N) is 2. The fourth-order valence-corrected chi connectivity index (χ4v) is 2.80. The molecule has 112 valence electrons. The van der Waals surface area contributed by atoms with Crippen molar-refractivity contribution in [1.29, 1.82) is 0 Å². The maximum atomic E-state index is 9.25. The summed E-state index contributed by atoms with van der Waals surface area (Å²) >= 11 is 0. The third kappa shape index (κ3) is 3.51. The molecule has 1 aliphatic rings. The van der Waals surface area contributed by atoms with Crippen LogP contribution < -0.4 is 10.2 Å². The van der Waals surface area contributed by atoms with Gasteiger partial charge in [0.05, 0.1) is 6.61 Å². The van der Waals surface area contributed by atoms with Gasteiger partial charge in [0.25, 0.3) is 0 Å². The molecular weight excluding hydrogens is 250 g/mol. The van der Waals surface area contributed by atoms with Crippen LogP contribution in [-0.2, 0) is 0 Å². The summed E-state index contributed by atoms with van der Waals surface area (Å²) in [5, 5.41) is 12.4. The van der Waals surface area contributed by atoms with Crippen LogP contribution in [0.15, 0.2) is 18.2 Å². The van der Waals surface area contributed by atoms with Crippen molar-refractivity contribution in [2.75, 3.05) is 51.3 Å². The van der Waals surface area contributed by atoms with Crippen molar-refractivity contribution >= 4 is 5.69 Å². The summed E-state index contributed by atoms with van der Waals surface area (Å²) in [7, 11) is 1.91. The van der Waals surface area contributed by atoms with E-state index in [1.54, 1.807) is 0 Å². The van der Waals surface area contributed by atoms with Crippen LogP contribution in [0.4, 0.5) is 5.69 Å². The molecule has 0 bridgehead atoms. The molecule has 20 heavy (non-hydrogen) atoms. The molecule has 1 saturated heterocycles. The maximum Gasteiger partial charge on any atom is 0.0597 e. The fraction of sp³-hybridized carbons (Fsp3) is 0.625. The van der Waals surface area contributed by atoms with E-state index in [1.165, 1.54) is 16.8 Å². The number of anilines is 1. The van der Waals surface area contributed by atoms with Gasteiger partial charge in [-0.2, -0.15) is 0 Å². The Morgan fingerprint density at radius 1 is 1.20 bits per heavy atom. The largest absolute Gasteiger partial charge is 0.395 e. The van der Waals surface area contributed by atoms with E-state index in [0.717, 1.165) is 32.7 Å². The Bertz CT molecular complexity index is 424. The van der Waals surface area contributed by atoms with Crippen molar-refractivity contribution in [3.8, 4) is 0 Å². The Labute approximate surface area is 122 Å². The second-order valence-corrected chi connectivity index (χ2v) is 5.67. The first kappa shape index (κ1) is 15.3. The zero-order valence-corrected chi connectivity index (χ0v) is 12.9. The first-order chi connectivity index (χ1) is 9.65. The molecule has 1 unspecified atom stereocenters. The van der Waals surface area contributed by atoms with E-state index < -0.39 is 0 Å². The molecular formula is C16H27N3O. The Kier molecular flexibility index (Phi) is 5.40. The molecule has 0 radical (unpaired) electrons. The zero-order valence-electron chi connectivity index (χ0n) is 12.9. The van der Waals surface area contributed by atoms with Crippen molar-refractivity contribution in [2.45, 2.75) is 19.9 Å². The summed E-state index contributed by atoms with van der Waals surface area (Å²) in [5.41, 5.74) is 4.13. The summed E-state index contributed by atoms with van der Waals surface area (Å²) in [6.07, 6.45) is 0. The highest BCUT2D eigenvalue weighted by atomic mass is 16.3. The van der Waals surface area contributed by atoms with Crippen LogP contribution >= 0.6 is 0 Å². The molecule has 2 rings (SSSR count). The number of aliphatic hydroxyl groups is 1. The SMILES string of the molecule is CNC(CO)CN1CCN(c2cccc(C)c2C)CC1. The number of piperazine rings is 1. The van der Waals surface area contributed by atoms with Crippen LogP contribution in [0, 0.1) is 13.8 Å². The number of likely N-dealkylation sites (N-methyl/N-ethyl adjacent to an activating group) is 1. The van der Waals surface area contributed by atoms with Crippen molar-refractivity contribution in [1.82, 2.24) is 10.2 Å². The summed E-state index contributed by atoms with van der Waals surface area (Å²) in [4.78, 5) is 4.91. The number of nitrogens with one attached hydrogen (secondary N) is 1. The number of aliphatic hydroxyl groups excluding tert-OH is 1. The van der Waals surface area contributed by atoms with E-state index >= 15 is 0 Å². The Morgan fingerprint density at radius 2 is 1.90 bits per heavy atom. The van der Waals surface area contributed by atoms with E-state index in [0.29, 0.717) is 0 Å². The topological polar surface area (TPSA) is 38.7 Å². The van der Waals surface area contributed by atoms with E-state index in [-0.39, 0.29) is 12.6 Å². The van der Waals surface area contributed by atoms with E-state index in [1.807, 2.05) is 7.05 Å². The molecule has 1 aromatic carbocycles. The molecule has 4 nitrogen and oxygen atoms in total. The second-order valence-electron chi connectivity index (χ2n) is 5.67. The van der Waals surface area contributed by atoms with E-state index in [4.69, 9.17) is 0 Å². The number of hydrogen-bond donors (Lipinski definition) is 2. The Hall–Kier alpha value is -1.10. The molecule has 1 fully saturated rings. The minimum absolute atomic E-state index is 0.183. The number of benzene rings is 1. The standard InChI is InChI=1S/C16H27N3O/c1-13-5-4-6-16(14(13)2)19-9-7-18(8-10-19)11-15(12-20)17-3/h4-6,15,17,20H,7-12H2,1-3H3. The molecule has 0 aliphatic carbocycles. The first-order valence-electron chi connectivity index (χ1n) is 7.47. The van der Waals surface area contributed by atoms with Crippen LogP contribution in [0.2, 0.25) is 0 Å². The van der Waals surface area contributed by atoms with Gasteiger partial charge >= 0.3 is 0 Å². The lowest BCUT2D eigenvalue weighted by Crippen LogP contribution is -2.51. The van der Waals surface area contributed by atoms with Crippen LogP contribution in [0.3, 0.4) is 0 Å². The second kappa shape index (κ2) is 7.07. The zero-order chi connectivity index (χ0) is 14.5. The van der Waals surface area contributed by atoms with E-state index in [9.17, 15) is 5.11 Å². The van der Waals surface area contributed by atoms with Crippen molar-refractivity contribution < 1.29 is 5.11 Å². The lowest BCUT2D eigenvalue weighted by molar-refractivity contribution is 0.180. The van der Waals surface area contributed by atoms with Gasteiger partial charge in [-0.05, 0) is 38.1 Å². The van der Waals surface area contributed by atoms with Gasteiger partial charge in [0.15, 0.2) is 0 Å². The van der Waals surface area contributed by atoms with Crippen LogP contribution in [0.1, 0.15) is 11.1 Å². The minimum atomic E-state index is 0.183. The first-order valence-corrected chi connectivity index (χ1v) is 7.47. The highest BCUT2D eigenvalue weighted by Gasteiger charge is 2.20. The minimum Gasteiger partial charge on any atom is -0.395 e. The number of rotatable bonds is 5. The van der Waals surface area contributed by atoms with Gasteiger partial charge in [-0.1, -0.05) is 12.1 Å².